The highest BCUT2D eigenvalue weighted by Crippen LogP contribution is 2.32. The van der Waals surface area contributed by atoms with Crippen molar-refractivity contribution in [2.45, 2.75) is 32.3 Å². The summed E-state index contributed by atoms with van der Waals surface area (Å²) in [6.07, 6.45) is 0.405. The predicted molar refractivity (Wildman–Crippen MR) is 73.3 cm³/mol. The van der Waals surface area contributed by atoms with Gasteiger partial charge in [0.25, 0.3) is 0 Å². The summed E-state index contributed by atoms with van der Waals surface area (Å²) in [6, 6.07) is 3.34. The fourth-order valence-corrected chi connectivity index (χ4v) is 2.11. The molecule has 2 amide bonds. The van der Waals surface area contributed by atoms with Gasteiger partial charge in [0, 0.05) is 12.1 Å². The second kappa shape index (κ2) is 5.59. The minimum atomic E-state index is -0.511. The van der Waals surface area contributed by atoms with E-state index in [1.54, 1.807) is 19.1 Å². The Bertz CT molecular complexity index is 529. The molecule has 0 aromatic heterocycles. The molecule has 1 unspecified atom stereocenters. The molecule has 0 aliphatic carbocycles. The highest BCUT2D eigenvalue weighted by molar-refractivity contribution is 6.34. The van der Waals surface area contributed by atoms with E-state index < -0.39 is 6.10 Å². The van der Waals surface area contributed by atoms with E-state index in [2.05, 4.69) is 10.6 Å². The van der Waals surface area contributed by atoms with Gasteiger partial charge in [0.15, 0.2) is 0 Å². The van der Waals surface area contributed by atoms with Crippen molar-refractivity contribution in [3.8, 4) is 0 Å². The van der Waals surface area contributed by atoms with Crippen LogP contribution in [-0.2, 0) is 16.0 Å². The minimum Gasteiger partial charge on any atom is -0.393 e. The van der Waals surface area contributed by atoms with E-state index in [1.165, 1.54) is 0 Å². The fraction of sp³-hybridized carbons (Fsp3) is 0.385. The number of anilines is 2. The van der Waals surface area contributed by atoms with Crippen LogP contribution in [0, 0.1) is 0 Å². The number of hydrogen-bond donors (Lipinski definition) is 3. The highest BCUT2D eigenvalue weighted by Gasteiger charge is 2.20. The molecule has 6 heteroatoms. The number of aliphatic hydroxyl groups excluding tert-OH is 1. The van der Waals surface area contributed by atoms with Crippen molar-refractivity contribution in [2.24, 2.45) is 0 Å². The highest BCUT2D eigenvalue weighted by atomic mass is 35.5. The van der Waals surface area contributed by atoms with Crippen LogP contribution in [0.2, 0.25) is 5.02 Å². The number of hydrogen-bond acceptors (Lipinski definition) is 3. The molecule has 2 rings (SSSR count). The Morgan fingerprint density at radius 2 is 2.32 bits per heavy atom. The molecule has 19 heavy (non-hydrogen) atoms. The van der Waals surface area contributed by atoms with Gasteiger partial charge in [-0.25, -0.2) is 0 Å². The van der Waals surface area contributed by atoms with E-state index in [0.717, 1.165) is 5.56 Å². The van der Waals surface area contributed by atoms with Crippen molar-refractivity contribution in [2.75, 3.05) is 10.6 Å². The van der Waals surface area contributed by atoms with Gasteiger partial charge in [-0.3, -0.25) is 9.59 Å². The van der Waals surface area contributed by atoms with Crippen LogP contribution in [0.4, 0.5) is 11.4 Å². The maximum atomic E-state index is 11.7. The molecule has 1 aliphatic heterocycles. The smallest absolute Gasteiger partial charge is 0.228 e. The normalized spacial score (nSPS) is 14.8. The zero-order chi connectivity index (χ0) is 14.0. The van der Waals surface area contributed by atoms with Gasteiger partial charge in [0.1, 0.15) is 0 Å². The van der Waals surface area contributed by atoms with Crippen molar-refractivity contribution < 1.29 is 14.7 Å². The van der Waals surface area contributed by atoms with Gasteiger partial charge in [-0.1, -0.05) is 11.6 Å². The van der Waals surface area contributed by atoms with Gasteiger partial charge in [-0.2, -0.15) is 0 Å². The van der Waals surface area contributed by atoms with E-state index in [-0.39, 0.29) is 18.2 Å². The Labute approximate surface area is 116 Å². The second-order valence-electron chi connectivity index (χ2n) is 4.65. The summed E-state index contributed by atoms with van der Waals surface area (Å²) >= 11 is 6.05. The van der Waals surface area contributed by atoms with E-state index in [0.29, 0.717) is 29.2 Å². The number of rotatable bonds is 4. The fourth-order valence-electron chi connectivity index (χ4n) is 1.90. The zero-order valence-electron chi connectivity index (χ0n) is 10.5. The molecule has 3 N–H and O–H groups in total. The van der Waals surface area contributed by atoms with Crippen LogP contribution >= 0.6 is 11.6 Å². The van der Waals surface area contributed by atoms with Crippen LogP contribution in [0.15, 0.2) is 12.1 Å². The van der Waals surface area contributed by atoms with E-state index in [9.17, 15) is 9.59 Å². The number of nitrogens with one attached hydrogen (secondary N) is 2. The molecule has 1 atom stereocenters. The zero-order valence-corrected chi connectivity index (χ0v) is 11.3. The SMILES string of the molecule is CC(O)CCC(=O)Nc1cc2c(cc1Cl)NC(=O)C2. The number of fused-ring (bicyclic) bond motifs is 1. The van der Waals surface area contributed by atoms with Crippen molar-refractivity contribution in [3.63, 3.8) is 0 Å². The molecule has 1 aromatic carbocycles. The van der Waals surface area contributed by atoms with Crippen molar-refractivity contribution in [3.05, 3.63) is 22.7 Å². The summed E-state index contributed by atoms with van der Waals surface area (Å²) in [4.78, 5) is 22.9. The monoisotopic (exact) mass is 282 g/mol. The summed E-state index contributed by atoms with van der Waals surface area (Å²) in [5.74, 6) is -0.288. The van der Waals surface area contributed by atoms with Gasteiger partial charge in [-0.05, 0) is 31.0 Å². The maximum Gasteiger partial charge on any atom is 0.228 e. The Morgan fingerprint density at radius 1 is 1.58 bits per heavy atom. The first-order valence-corrected chi connectivity index (χ1v) is 6.43. The molecule has 0 fully saturated rings. The molecule has 102 valence electrons. The lowest BCUT2D eigenvalue weighted by atomic mass is 10.1. The Morgan fingerprint density at radius 3 is 3.00 bits per heavy atom. The van der Waals surface area contributed by atoms with Gasteiger partial charge >= 0.3 is 0 Å². The summed E-state index contributed by atoms with van der Waals surface area (Å²) in [5.41, 5.74) is 2.00. The van der Waals surface area contributed by atoms with Crippen LogP contribution in [0.5, 0.6) is 0 Å². The minimum absolute atomic E-state index is 0.0800. The van der Waals surface area contributed by atoms with E-state index in [4.69, 9.17) is 16.7 Å². The van der Waals surface area contributed by atoms with Crippen LogP contribution in [0.3, 0.4) is 0 Å². The summed E-state index contributed by atoms with van der Waals surface area (Å²) < 4.78 is 0. The van der Waals surface area contributed by atoms with Crippen LogP contribution in [0.1, 0.15) is 25.3 Å². The van der Waals surface area contributed by atoms with E-state index >= 15 is 0 Å². The third-order valence-corrected chi connectivity index (χ3v) is 3.19. The number of carbonyl (C=O) groups excluding carboxylic acids is 2. The number of halogens is 1. The first-order chi connectivity index (χ1) is 8.95. The predicted octanol–water partition coefficient (Wildman–Crippen LogP) is 1.93. The average Bonchev–Trinajstić information content (AvgIpc) is 2.66. The Hall–Kier alpha value is -1.59. The lowest BCUT2D eigenvalue weighted by Crippen LogP contribution is -2.14. The van der Waals surface area contributed by atoms with Crippen molar-refractivity contribution >= 4 is 34.8 Å². The van der Waals surface area contributed by atoms with Crippen molar-refractivity contribution in [1.29, 1.82) is 0 Å². The molecule has 0 radical (unpaired) electrons. The number of aliphatic hydroxyl groups is 1. The van der Waals surface area contributed by atoms with Crippen molar-refractivity contribution in [1.82, 2.24) is 0 Å². The molecular formula is C13H15ClN2O3. The third kappa shape index (κ3) is 3.45. The first kappa shape index (κ1) is 13.8. The number of benzene rings is 1. The van der Waals surface area contributed by atoms with Gasteiger partial charge in [-0.15, -0.1) is 0 Å². The molecule has 1 heterocycles. The van der Waals surface area contributed by atoms with Gasteiger partial charge in [0.2, 0.25) is 11.8 Å². The molecule has 0 spiro atoms. The Kier molecular flexibility index (Phi) is 4.07. The van der Waals surface area contributed by atoms with Crippen LogP contribution < -0.4 is 10.6 Å². The van der Waals surface area contributed by atoms with Crippen LogP contribution in [0.25, 0.3) is 0 Å². The molecule has 0 bridgehead atoms. The standard InChI is InChI=1S/C13H15ClN2O3/c1-7(17)2-3-12(18)16-11-4-8-5-13(19)15-10(8)6-9(11)14/h4,6-7,17H,2-3,5H2,1H3,(H,15,19)(H,16,18). The van der Waals surface area contributed by atoms with E-state index in [1.807, 2.05) is 0 Å². The lowest BCUT2D eigenvalue weighted by Gasteiger charge is -2.10. The summed E-state index contributed by atoms with van der Waals surface area (Å²) in [7, 11) is 0. The molecule has 1 aliphatic rings. The quantitative estimate of drug-likeness (QED) is 0.790. The Balaban J connectivity index is 2.07. The molecular weight excluding hydrogens is 268 g/mol. The summed E-state index contributed by atoms with van der Waals surface area (Å²) in [6.45, 7) is 1.63. The largest absolute Gasteiger partial charge is 0.393 e. The van der Waals surface area contributed by atoms with Crippen LogP contribution in [-0.4, -0.2) is 23.0 Å². The molecule has 5 nitrogen and oxygen atoms in total. The number of amides is 2. The maximum absolute atomic E-state index is 11.7. The second-order valence-corrected chi connectivity index (χ2v) is 5.06. The lowest BCUT2D eigenvalue weighted by molar-refractivity contribution is -0.117. The molecule has 1 aromatic rings. The third-order valence-electron chi connectivity index (χ3n) is 2.88. The summed E-state index contributed by atoms with van der Waals surface area (Å²) in [5, 5.41) is 14.9. The molecule has 0 saturated carbocycles. The molecule has 0 saturated heterocycles. The van der Waals surface area contributed by atoms with Gasteiger partial charge in [0.05, 0.1) is 23.2 Å². The van der Waals surface area contributed by atoms with Gasteiger partial charge < -0.3 is 15.7 Å². The average molecular weight is 283 g/mol. The topological polar surface area (TPSA) is 78.4 Å². The number of carbonyl (C=O) groups is 2. The first-order valence-electron chi connectivity index (χ1n) is 6.06.